The Morgan fingerprint density at radius 1 is 1.05 bits per heavy atom. The minimum atomic E-state index is -0.0383. The second-order valence-electron chi connectivity index (χ2n) is 5.26. The lowest BCUT2D eigenvalue weighted by molar-refractivity contribution is -0.132. The van der Waals surface area contributed by atoms with Gasteiger partial charge in [0.05, 0.1) is 25.7 Å². The van der Waals surface area contributed by atoms with Crippen LogP contribution in [-0.4, -0.2) is 72.1 Å². The van der Waals surface area contributed by atoms with Gasteiger partial charge >= 0.3 is 0 Å². The van der Waals surface area contributed by atoms with E-state index in [0.717, 1.165) is 38.8 Å². The Kier molecular flexibility index (Phi) is 5.15. The van der Waals surface area contributed by atoms with Gasteiger partial charge in [0.1, 0.15) is 0 Å². The lowest BCUT2D eigenvalue weighted by Gasteiger charge is -2.23. The van der Waals surface area contributed by atoms with Crippen LogP contribution >= 0.6 is 0 Å². The first kappa shape index (κ1) is 14.3. The first-order valence-electron chi connectivity index (χ1n) is 7.11. The third kappa shape index (κ3) is 3.67. The first-order valence-corrected chi connectivity index (χ1v) is 7.11. The van der Waals surface area contributed by atoms with Crippen LogP contribution in [0.15, 0.2) is 0 Å². The number of likely N-dealkylation sites (tertiary alicyclic amines) is 2. The highest BCUT2D eigenvalue weighted by molar-refractivity contribution is 5.81. The van der Waals surface area contributed by atoms with Gasteiger partial charge in [0.25, 0.3) is 0 Å². The molecular weight excluding hydrogens is 246 g/mol. The van der Waals surface area contributed by atoms with Gasteiger partial charge in [0.2, 0.25) is 11.8 Å². The van der Waals surface area contributed by atoms with Crippen molar-refractivity contribution in [1.29, 1.82) is 0 Å². The van der Waals surface area contributed by atoms with Crippen molar-refractivity contribution < 1.29 is 14.7 Å². The number of aliphatic hydroxyl groups is 1. The van der Waals surface area contributed by atoms with Gasteiger partial charge in [0.15, 0.2) is 0 Å². The number of rotatable bonds is 5. The summed E-state index contributed by atoms with van der Waals surface area (Å²) < 4.78 is 0. The fourth-order valence-electron chi connectivity index (χ4n) is 2.81. The number of amides is 2. The monoisotopic (exact) mass is 269 g/mol. The molecule has 108 valence electrons. The largest absolute Gasteiger partial charge is 0.394 e. The molecule has 1 atom stereocenters. The molecule has 0 aromatic rings. The number of carbonyl (C=O) groups excluding carboxylic acids is 2. The number of carbonyl (C=O) groups is 2. The number of nitrogens with zero attached hydrogens (tertiary/aromatic N) is 2. The van der Waals surface area contributed by atoms with E-state index in [1.807, 2.05) is 4.90 Å². The fraction of sp³-hybridized carbons (Fsp3) is 0.846. The van der Waals surface area contributed by atoms with Crippen molar-refractivity contribution in [1.82, 2.24) is 15.1 Å². The van der Waals surface area contributed by atoms with Crippen molar-refractivity contribution in [2.45, 2.75) is 31.7 Å². The highest BCUT2D eigenvalue weighted by Crippen LogP contribution is 2.16. The molecule has 2 heterocycles. The van der Waals surface area contributed by atoms with E-state index in [9.17, 15) is 9.59 Å². The second-order valence-corrected chi connectivity index (χ2v) is 5.26. The molecule has 19 heavy (non-hydrogen) atoms. The van der Waals surface area contributed by atoms with Crippen LogP contribution in [0.3, 0.4) is 0 Å². The Hall–Kier alpha value is -1.14. The predicted molar refractivity (Wildman–Crippen MR) is 70.5 cm³/mol. The minimum Gasteiger partial charge on any atom is -0.394 e. The SMILES string of the molecule is O=C(CNCC(=O)N1CCC[C@@H]1CO)N1CCCC1. The van der Waals surface area contributed by atoms with Crippen LogP contribution in [0.2, 0.25) is 0 Å². The van der Waals surface area contributed by atoms with Crippen LogP contribution in [0.1, 0.15) is 25.7 Å². The average molecular weight is 269 g/mol. The average Bonchev–Trinajstić information content (AvgIpc) is 3.09. The lowest BCUT2D eigenvalue weighted by atomic mass is 10.2. The second kappa shape index (κ2) is 6.86. The van der Waals surface area contributed by atoms with E-state index >= 15 is 0 Å². The smallest absolute Gasteiger partial charge is 0.236 e. The van der Waals surface area contributed by atoms with Gasteiger partial charge in [-0.1, -0.05) is 0 Å². The maximum absolute atomic E-state index is 11.9. The van der Waals surface area contributed by atoms with Crippen LogP contribution < -0.4 is 5.32 Å². The van der Waals surface area contributed by atoms with Crippen molar-refractivity contribution in [2.24, 2.45) is 0 Å². The normalized spacial score (nSPS) is 23.1. The summed E-state index contributed by atoms with van der Waals surface area (Å²) in [6.07, 6.45) is 3.98. The Balaban J connectivity index is 1.67. The summed E-state index contributed by atoms with van der Waals surface area (Å²) in [7, 11) is 0. The molecule has 2 rings (SSSR count). The number of nitrogens with one attached hydrogen (secondary N) is 1. The number of hydrogen-bond acceptors (Lipinski definition) is 4. The van der Waals surface area contributed by atoms with Crippen molar-refractivity contribution in [2.75, 3.05) is 39.3 Å². The van der Waals surface area contributed by atoms with E-state index in [4.69, 9.17) is 5.11 Å². The molecule has 2 fully saturated rings. The lowest BCUT2D eigenvalue weighted by Crippen LogP contribution is -2.44. The van der Waals surface area contributed by atoms with Crippen molar-refractivity contribution in [3.05, 3.63) is 0 Å². The molecule has 0 saturated carbocycles. The number of hydrogen-bond donors (Lipinski definition) is 2. The molecule has 2 aliphatic heterocycles. The third-order valence-electron chi connectivity index (χ3n) is 3.92. The van der Waals surface area contributed by atoms with E-state index < -0.39 is 0 Å². The molecule has 6 nitrogen and oxygen atoms in total. The highest BCUT2D eigenvalue weighted by Gasteiger charge is 2.27. The summed E-state index contributed by atoms with van der Waals surface area (Å²) in [6, 6.07) is -0.0383. The fourth-order valence-corrected chi connectivity index (χ4v) is 2.81. The highest BCUT2D eigenvalue weighted by atomic mass is 16.3. The van der Waals surface area contributed by atoms with Crippen LogP contribution in [0.25, 0.3) is 0 Å². The van der Waals surface area contributed by atoms with Crippen LogP contribution in [0, 0.1) is 0 Å². The molecule has 0 aliphatic carbocycles. The van der Waals surface area contributed by atoms with Gasteiger partial charge < -0.3 is 14.9 Å². The molecule has 0 bridgehead atoms. The maximum Gasteiger partial charge on any atom is 0.236 e. The Bertz CT molecular complexity index is 329. The molecule has 0 radical (unpaired) electrons. The molecule has 2 amide bonds. The van der Waals surface area contributed by atoms with Gasteiger partial charge in [-0.05, 0) is 25.7 Å². The van der Waals surface area contributed by atoms with Gasteiger partial charge in [-0.25, -0.2) is 0 Å². The van der Waals surface area contributed by atoms with Crippen LogP contribution in [0.5, 0.6) is 0 Å². The molecule has 0 unspecified atom stereocenters. The summed E-state index contributed by atoms with van der Waals surface area (Å²) in [6.45, 7) is 2.82. The molecule has 2 saturated heterocycles. The topological polar surface area (TPSA) is 72.9 Å². The quantitative estimate of drug-likeness (QED) is 0.684. The molecular formula is C13H23N3O3. The van der Waals surface area contributed by atoms with Crippen molar-refractivity contribution in [3.63, 3.8) is 0 Å². The van der Waals surface area contributed by atoms with Gasteiger partial charge in [-0.2, -0.15) is 0 Å². The van der Waals surface area contributed by atoms with Gasteiger partial charge in [0, 0.05) is 19.6 Å². The predicted octanol–water partition coefficient (Wildman–Crippen LogP) is -0.818. The standard InChI is InChI=1S/C13H23N3O3/c17-10-11-4-3-7-16(11)13(19)9-14-8-12(18)15-5-1-2-6-15/h11,14,17H,1-10H2/t11-/m1/s1. The zero-order chi connectivity index (χ0) is 13.7. The first-order chi connectivity index (χ1) is 9.22. The van der Waals surface area contributed by atoms with E-state index in [1.54, 1.807) is 4.90 Å². The summed E-state index contributed by atoms with van der Waals surface area (Å²) in [5.74, 6) is 0.0520. The molecule has 2 aliphatic rings. The van der Waals surface area contributed by atoms with E-state index in [-0.39, 0.29) is 37.6 Å². The Morgan fingerprint density at radius 3 is 2.42 bits per heavy atom. The van der Waals surface area contributed by atoms with Crippen LogP contribution in [0.4, 0.5) is 0 Å². The maximum atomic E-state index is 11.9. The third-order valence-corrected chi connectivity index (χ3v) is 3.92. The Morgan fingerprint density at radius 2 is 1.74 bits per heavy atom. The van der Waals surface area contributed by atoms with Gasteiger partial charge in [-0.15, -0.1) is 0 Å². The van der Waals surface area contributed by atoms with Crippen LogP contribution in [-0.2, 0) is 9.59 Å². The summed E-state index contributed by atoms with van der Waals surface area (Å²) >= 11 is 0. The van der Waals surface area contributed by atoms with Crippen molar-refractivity contribution in [3.8, 4) is 0 Å². The molecule has 0 aromatic carbocycles. The zero-order valence-corrected chi connectivity index (χ0v) is 11.3. The van der Waals surface area contributed by atoms with Crippen molar-refractivity contribution >= 4 is 11.8 Å². The zero-order valence-electron chi connectivity index (χ0n) is 11.3. The summed E-state index contributed by atoms with van der Waals surface area (Å²) in [5, 5.41) is 12.1. The minimum absolute atomic E-state index is 0.0224. The molecule has 0 aromatic heterocycles. The summed E-state index contributed by atoms with van der Waals surface area (Å²) in [5.41, 5.74) is 0. The van der Waals surface area contributed by atoms with Gasteiger partial charge in [-0.3, -0.25) is 14.9 Å². The van der Waals surface area contributed by atoms with E-state index in [1.165, 1.54) is 0 Å². The molecule has 0 spiro atoms. The number of aliphatic hydroxyl groups excluding tert-OH is 1. The van der Waals surface area contributed by atoms with E-state index in [2.05, 4.69) is 5.32 Å². The summed E-state index contributed by atoms with van der Waals surface area (Å²) in [4.78, 5) is 27.3. The molecule has 6 heteroatoms. The Labute approximate surface area is 113 Å². The van der Waals surface area contributed by atoms with E-state index in [0.29, 0.717) is 6.54 Å². The molecule has 2 N–H and O–H groups in total.